The molecule has 1 aromatic heterocycles. The number of hydrogen-bond donors (Lipinski definition) is 3. The summed E-state index contributed by atoms with van der Waals surface area (Å²) in [5.41, 5.74) is 15.0. The van der Waals surface area contributed by atoms with E-state index >= 15 is 0 Å². The van der Waals surface area contributed by atoms with Crippen molar-refractivity contribution >= 4 is 22.5 Å². The number of para-hydroxylation sites is 1. The fraction of sp³-hybridized carbons (Fsp3) is 0.179. The molecular weight excluding hydrogens is 476 g/mol. The lowest BCUT2D eigenvalue weighted by atomic mass is 9.90. The number of fused-ring (bicyclic) bond motifs is 1. The maximum absolute atomic E-state index is 14.2. The summed E-state index contributed by atoms with van der Waals surface area (Å²) in [6.45, 7) is 0.702. The Hall–Kier alpha value is -4.55. The summed E-state index contributed by atoms with van der Waals surface area (Å²) in [4.78, 5) is 18.6. The number of phenols is 1. The number of primary amides is 1. The molecule has 0 bridgehead atoms. The lowest BCUT2D eigenvalue weighted by Crippen LogP contribution is -2.52. The highest BCUT2D eigenvalue weighted by atomic mass is 19.1. The van der Waals surface area contributed by atoms with Crippen molar-refractivity contribution in [3.8, 4) is 34.1 Å². The number of nitrogens with two attached hydrogens (primary N) is 2. The molecule has 1 aliphatic heterocycles. The summed E-state index contributed by atoms with van der Waals surface area (Å²) in [5, 5.41) is 20.6. The minimum Gasteiger partial charge on any atom is -0.506 e. The molecule has 3 aromatic carbocycles. The second-order valence-electron chi connectivity index (χ2n) is 9.13. The number of halogens is 2. The molecule has 5 N–H and O–H groups in total. The van der Waals surface area contributed by atoms with Crippen LogP contribution in [0.1, 0.15) is 12.0 Å². The summed E-state index contributed by atoms with van der Waals surface area (Å²) in [6.07, 6.45) is 2.03. The van der Waals surface area contributed by atoms with E-state index in [0.29, 0.717) is 46.2 Å². The topological polar surface area (TPSA) is 129 Å². The average Bonchev–Trinajstić information content (AvgIpc) is 2.87. The first-order valence-corrected chi connectivity index (χ1v) is 11.7. The monoisotopic (exact) mass is 499 g/mol. The molecule has 2 atom stereocenters. The number of anilines is 1. The van der Waals surface area contributed by atoms with Crippen molar-refractivity contribution in [2.24, 2.45) is 17.4 Å². The van der Waals surface area contributed by atoms with Crippen LogP contribution in [-0.4, -0.2) is 35.1 Å². The number of pyridine rings is 1. The van der Waals surface area contributed by atoms with Crippen molar-refractivity contribution in [2.75, 3.05) is 18.0 Å². The minimum absolute atomic E-state index is 0.134. The number of carbonyl (C=O) groups excluding carboxylic acids is 1. The summed E-state index contributed by atoms with van der Waals surface area (Å²) in [6, 6.07) is 15.0. The molecule has 1 amide bonds. The van der Waals surface area contributed by atoms with Gasteiger partial charge in [0.15, 0.2) is 0 Å². The van der Waals surface area contributed by atoms with Crippen molar-refractivity contribution in [2.45, 2.75) is 12.5 Å². The number of aromatic hydroxyl groups is 1. The second-order valence-corrected chi connectivity index (χ2v) is 9.13. The van der Waals surface area contributed by atoms with Gasteiger partial charge in [0.2, 0.25) is 5.91 Å². The van der Waals surface area contributed by atoms with E-state index in [-0.39, 0.29) is 23.4 Å². The Morgan fingerprint density at radius 1 is 1.08 bits per heavy atom. The Balaban J connectivity index is 1.77. The van der Waals surface area contributed by atoms with E-state index in [0.717, 1.165) is 6.07 Å². The Morgan fingerprint density at radius 2 is 1.84 bits per heavy atom. The van der Waals surface area contributed by atoms with Crippen LogP contribution in [-0.2, 0) is 4.79 Å². The van der Waals surface area contributed by atoms with Crippen molar-refractivity contribution < 1.29 is 18.7 Å². The molecule has 2 heterocycles. The molecule has 186 valence electrons. The van der Waals surface area contributed by atoms with Gasteiger partial charge < -0.3 is 21.5 Å². The van der Waals surface area contributed by atoms with Gasteiger partial charge in [-0.1, -0.05) is 18.2 Å². The predicted octanol–water partition coefficient (Wildman–Crippen LogP) is 4.06. The third-order valence-corrected chi connectivity index (χ3v) is 6.83. The molecule has 37 heavy (non-hydrogen) atoms. The van der Waals surface area contributed by atoms with E-state index in [2.05, 4.69) is 4.98 Å². The number of rotatable bonds is 4. The Bertz CT molecular complexity index is 1560. The van der Waals surface area contributed by atoms with Gasteiger partial charge in [0.05, 0.1) is 22.7 Å². The maximum Gasteiger partial charge on any atom is 0.223 e. The van der Waals surface area contributed by atoms with Gasteiger partial charge in [-0.25, -0.2) is 8.78 Å². The molecule has 5 rings (SSSR count). The fourth-order valence-electron chi connectivity index (χ4n) is 4.95. The number of phenolic OH excluding ortho intramolecular Hbond substituents is 1. The molecule has 1 saturated heterocycles. The van der Waals surface area contributed by atoms with Crippen LogP contribution in [0.2, 0.25) is 0 Å². The van der Waals surface area contributed by atoms with Gasteiger partial charge >= 0.3 is 0 Å². The highest BCUT2D eigenvalue weighted by Crippen LogP contribution is 2.41. The van der Waals surface area contributed by atoms with Crippen LogP contribution in [0, 0.1) is 28.9 Å². The molecule has 0 saturated carbocycles. The number of benzene rings is 3. The van der Waals surface area contributed by atoms with Crippen LogP contribution in [0.5, 0.6) is 5.75 Å². The van der Waals surface area contributed by atoms with Gasteiger partial charge in [0.1, 0.15) is 23.5 Å². The number of aromatic nitrogens is 1. The Morgan fingerprint density at radius 3 is 2.54 bits per heavy atom. The number of nitrogens with zero attached hydrogens (tertiary/aromatic N) is 3. The molecule has 1 unspecified atom stereocenters. The second kappa shape index (κ2) is 9.48. The number of hydrogen-bond acceptors (Lipinski definition) is 6. The van der Waals surface area contributed by atoms with E-state index in [1.54, 1.807) is 36.5 Å². The number of amides is 1. The predicted molar refractivity (Wildman–Crippen MR) is 136 cm³/mol. The molecule has 4 aromatic rings. The van der Waals surface area contributed by atoms with Gasteiger partial charge in [0, 0.05) is 47.9 Å². The van der Waals surface area contributed by atoms with Gasteiger partial charge in [0.25, 0.3) is 0 Å². The lowest BCUT2D eigenvalue weighted by molar-refractivity contribution is -0.122. The minimum atomic E-state index is -0.733. The zero-order valence-electron chi connectivity index (χ0n) is 19.7. The quantitative estimate of drug-likeness (QED) is 0.388. The molecule has 9 heteroatoms. The summed E-state index contributed by atoms with van der Waals surface area (Å²) in [7, 11) is 0. The van der Waals surface area contributed by atoms with Crippen LogP contribution in [0.3, 0.4) is 0 Å². The van der Waals surface area contributed by atoms with Gasteiger partial charge in [-0.2, -0.15) is 5.26 Å². The highest BCUT2D eigenvalue weighted by molar-refractivity contribution is 6.02. The Labute approximate surface area is 211 Å². The molecule has 1 fully saturated rings. The smallest absolute Gasteiger partial charge is 0.223 e. The molecule has 0 aliphatic carbocycles. The number of carbonyl (C=O) groups is 1. The van der Waals surface area contributed by atoms with E-state index < -0.39 is 29.5 Å². The van der Waals surface area contributed by atoms with E-state index in [9.17, 15) is 23.9 Å². The summed E-state index contributed by atoms with van der Waals surface area (Å²) >= 11 is 0. The lowest BCUT2D eigenvalue weighted by Gasteiger charge is -2.38. The van der Waals surface area contributed by atoms with Gasteiger partial charge in [-0.3, -0.25) is 9.78 Å². The Kier molecular flexibility index (Phi) is 6.19. The summed E-state index contributed by atoms with van der Waals surface area (Å²) in [5.74, 6) is -2.76. The fourth-order valence-corrected chi connectivity index (χ4v) is 4.95. The highest BCUT2D eigenvalue weighted by Gasteiger charge is 2.32. The van der Waals surface area contributed by atoms with Crippen molar-refractivity contribution in [1.82, 2.24) is 4.98 Å². The third kappa shape index (κ3) is 4.43. The number of nitriles is 1. The van der Waals surface area contributed by atoms with Crippen molar-refractivity contribution in [3.63, 3.8) is 0 Å². The number of piperidine rings is 1. The van der Waals surface area contributed by atoms with Crippen molar-refractivity contribution in [3.05, 3.63) is 78.0 Å². The molecule has 7 nitrogen and oxygen atoms in total. The normalized spacial score (nSPS) is 17.5. The molecule has 1 aliphatic rings. The maximum atomic E-state index is 14.2. The molecule has 0 radical (unpaired) electrons. The van der Waals surface area contributed by atoms with Crippen LogP contribution in [0.15, 0.2) is 60.8 Å². The molecule has 0 spiro atoms. The van der Waals surface area contributed by atoms with E-state index in [1.807, 2.05) is 11.0 Å². The zero-order chi connectivity index (χ0) is 26.3. The molecular formula is C28H23F2N5O2. The SMILES string of the molecule is N#Cc1cccc(-c2ccc3ncc(-c4cc(F)cc(F)c4)c(N4CC[C@@H](N)C(C(N)=O)C4)c3c2)c1O. The van der Waals surface area contributed by atoms with Crippen LogP contribution >= 0.6 is 0 Å². The summed E-state index contributed by atoms with van der Waals surface area (Å²) < 4.78 is 28.4. The van der Waals surface area contributed by atoms with Crippen LogP contribution in [0.4, 0.5) is 14.5 Å². The van der Waals surface area contributed by atoms with Crippen LogP contribution in [0.25, 0.3) is 33.2 Å². The average molecular weight is 500 g/mol. The standard InChI is InChI=1S/C28H23F2N5O2/c29-18-8-17(9-19(30)11-18)22-13-34-25-5-4-15(20-3-1-2-16(12-31)27(20)36)10-21(25)26(22)35-7-6-24(32)23(14-35)28(33)37/h1-5,8-11,13,23-24,36H,6-7,14,32H2,(H2,33,37)/t23?,24-/m1/s1. The van der Waals surface area contributed by atoms with Crippen molar-refractivity contribution in [1.29, 1.82) is 5.26 Å². The third-order valence-electron chi connectivity index (χ3n) is 6.83. The zero-order valence-corrected chi connectivity index (χ0v) is 19.7. The first-order valence-electron chi connectivity index (χ1n) is 11.7. The first-order chi connectivity index (χ1) is 17.8. The van der Waals surface area contributed by atoms with Gasteiger partial charge in [-0.05, 0) is 47.9 Å². The van der Waals surface area contributed by atoms with Gasteiger partial charge in [-0.15, -0.1) is 0 Å². The van der Waals surface area contributed by atoms with E-state index in [1.165, 1.54) is 18.2 Å². The largest absolute Gasteiger partial charge is 0.506 e. The van der Waals surface area contributed by atoms with E-state index in [4.69, 9.17) is 11.5 Å². The first kappa shape index (κ1) is 24.2. The van der Waals surface area contributed by atoms with Crippen LogP contribution < -0.4 is 16.4 Å².